The van der Waals surface area contributed by atoms with Crippen molar-refractivity contribution in [3.8, 4) is 5.75 Å². The van der Waals surface area contributed by atoms with Gasteiger partial charge in [0, 0.05) is 19.8 Å². The van der Waals surface area contributed by atoms with Crippen molar-refractivity contribution < 1.29 is 4.74 Å². The van der Waals surface area contributed by atoms with E-state index in [4.69, 9.17) is 10.5 Å². The zero-order chi connectivity index (χ0) is 16.8. The summed E-state index contributed by atoms with van der Waals surface area (Å²) in [6.45, 7) is 5.53. The first-order valence-electron chi connectivity index (χ1n) is 8.18. The molecule has 2 aromatic carbocycles. The molecule has 0 amide bonds. The third-order valence-corrected chi connectivity index (χ3v) is 4.36. The quantitative estimate of drug-likeness (QED) is 0.843. The number of benzene rings is 2. The topological polar surface area (TPSA) is 38.5 Å². The SMILES string of the molecule is Cc1ccc(OCCC(CN)c2cccc(N(C)C)c2)cc1C. The van der Waals surface area contributed by atoms with E-state index >= 15 is 0 Å². The maximum atomic E-state index is 5.99. The summed E-state index contributed by atoms with van der Waals surface area (Å²) >= 11 is 0. The van der Waals surface area contributed by atoms with E-state index in [1.54, 1.807) is 0 Å². The molecule has 2 N–H and O–H groups in total. The molecule has 2 rings (SSSR count). The average molecular weight is 312 g/mol. The fourth-order valence-corrected chi connectivity index (χ4v) is 2.60. The molecule has 1 atom stereocenters. The molecule has 3 heteroatoms. The van der Waals surface area contributed by atoms with Gasteiger partial charge >= 0.3 is 0 Å². The molecule has 0 saturated heterocycles. The maximum absolute atomic E-state index is 5.99. The molecule has 2 aromatic rings. The summed E-state index contributed by atoms with van der Waals surface area (Å²) in [5, 5.41) is 0. The van der Waals surface area contributed by atoms with Crippen molar-refractivity contribution >= 4 is 5.69 Å². The summed E-state index contributed by atoms with van der Waals surface area (Å²) in [7, 11) is 4.11. The Morgan fingerprint density at radius 3 is 2.48 bits per heavy atom. The summed E-state index contributed by atoms with van der Waals surface area (Å²) in [5.41, 5.74) is 11.0. The van der Waals surface area contributed by atoms with Crippen LogP contribution in [0, 0.1) is 13.8 Å². The predicted octanol–water partition coefficient (Wildman–Crippen LogP) is 3.88. The number of nitrogens with zero attached hydrogens (tertiary/aromatic N) is 1. The number of hydrogen-bond donors (Lipinski definition) is 1. The van der Waals surface area contributed by atoms with Crippen LogP contribution in [-0.2, 0) is 0 Å². The van der Waals surface area contributed by atoms with Crippen molar-refractivity contribution in [2.75, 3.05) is 32.1 Å². The second kappa shape index (κ2) is 8.02. The molecule has 0 aromatic heterocycles. The Labute approximate surface area is 140 Å². The number of aryl methyl sites for hydroxylation is 2. The minimum atomic E-state index is 0.321. The molecule has 23 heavy (non-hydrogen) atoms. The highest BCUT2D eigenvalue weighted by molar-refractivity contribution is 5.48. The second-order valence-corrected chi connectivity index (χ2v) is 6.31. The van der Waals surface area contributed by atoms with Gasteiger partial charge in [-0.1, -0.05) is 18.2 Å². The lowest BCUT2D eigenvalue weighted by Crippen LogP contribution is -2.16. The van der Waals surface area contributed by atoms with Crippen molar-refractivity contribution in [1.29, 1.82) is 0 Å². The van der Waals surface area contributed by atoms with Gasteiger partial charge in [0.15, 0.2) is 0 Å². The molecule has 1 unspecified atom stereocenters. The first-order valence-corrected chi connectivity index (χ1v) is 8.18. The van der Waals surface area contributed by atoms with Crippen LogP contribution in [0.15, 0.2) is 42.5 Å². The van der Waals surface area contributed by atoms with Crippen LogP contribution >= 0.6 is 0 Å². The van der Waals surface area contributed by atoms with Crippen LogP contribution in [0.4, 0.5) is 5.69 Å². The fraction of sp³-hybridized carbons (Fsp3) is 0.400. The van der Waals surface area contributed by atoms with E-state index < -0.39 is 0 Å². The van der Waals surface area contributed by atoms with Crippen molar-refractivity contribution in [2.24, 2.45) is 5.73 Å². The summed E-state index contributed by atoms with van der Waals surface area (Å²) < 4.78 is 5.91. The lowest BCUT2D eigenvalue weighted by atomic mass is 9.95. The lowest BCUT2D eigenvalue weighted by Gasteiger charge is -2.19. The third kappa shape index (κ3) is 4.73. The number of hydrogen-bond acceptors (Lipinski definition) is 3. The molecule has 3 nitrogen and oxygen atoms in total. The van der Waals surface area contributed by atoms with Gasteiger partial charge in [0.1, 0.15) is 5.75 Å². The molecule has 0 heterocycles. The van der Waals surface area contributed by atoms with Crippen LogP contribution in [0.5, 0.6) is 5.75 Å². The largest absolute Gasteiger partial charge is 0.494 e. The van der Waals surface area contributed by atoms with E-state index in [9.17, 15) is 0 Å². The Balaban J connectivity index is 1.97. The fourth-order valence-electron chi connectivity index (χ4n) is 2.60. The molecular weight excluding hydrogens is 284 g/mol. The van der Waals surface area contributed by atoms with Crippen LogP contribution in [0.3, 0.4) is 0 Å². The van der Waals surface area contributed by atoms with E-state index in [0.717, 1.165) is 12.2 Å². The highest BCUT2D eigenvalue weighted by Gasteiger charge is 2.11. The van der Waals surface area contributed by atoms with E-state index in [2.05, 4.69) is 69.2 Å². The molecule has 124 valence electrons. The monoisotopic (exact) mass is 312 g/mol. The van der Waals surface area contributed by atoms with Crippen molar-refractivity contribution in [2.45, 2.75) is 26.2 Å². The standard InChI is InChI=1S/C20H28N2O/c1-15-8-9-20(12-16(15)2)23-11-10-18(14-21)17-6-5-7-19(13-17)22(3)4/h5-9,12-13,18H,10-11,14,21H2,1-4H3. The summed E-state index contributed by atoms with van der Waals surface area (Å²) in [5.74, 6) is 1.26. The zero-order valence-corrected chi connectivity index (χ0v) is 14.7. The van der Waals surface area contributed by atoms with E-state index in [1.165, 1.54) is 22.4 Å². The molecule has 0 fully saturated rings. The van der Waals surface area contributed by atoms with Crippen LogP contribution in [0.25, 0.3) is 0 Å². The first kappa shape index (κ1) is 17.4. The Morgan fingerprint density at radius 1 is 1.04 bits per heavy atom. The van der Waals surface area contributed by atoms with E-state index in [1.807, 2.05) is 6.07 Å². The van der Waals surface area contributed by atoms with Gasteiger partial charge < -0.3 is 15.4 Å². The van der Waals surface area contributed by atoms with E-state index in [0.29, 0.717) is 19.1 Å². The summed E-state index contributed by atoms with van der Waals surface area (Å²) in [6, 6.07) is 14.8. The van der Waals surface area contributed by atoms with Crippen LogP contribution in [0.1, 0.15) is 29.0 Å². The molecule has 0 aliphatic carbocycles. The predicted molar refractivity (Wildman–Crippen MR) is 98.6 cm³/mol. The van der Waals surface area contributed by atoms with Crippen molar-refractivity contribution in [1.82, 2.24) is 0 Å². The van der Waals surface area contributed by atoms with Gasteiger partial charge in [0.05, 0.1) is 6.61 Å². The highest BCUT2D eigenvalue weighted by atomic mass is 16.5. The number of rotatable bonds is 7. The lowest BCUT2D eigenvalue weighted by molar-refractivity contribution is 0.298. The number of anilines is 1. The Hall–Kier alpha value is -2.00. The van der Waals surface area contributed by atoms with E-state index in [-0.39, 0.29) is 0 Å². The zero-order valence-electron chi connectivity index (χ0n) is 14.7. The average Bonchev–Trinajstić information content (AvgIpc) is 2.55. The Morgan fingerprint density at radius 2 is 1.83 bits per heavy atom. The third-order valence-electron chi connectivity index (χ3n) is 4.36. The van der Waals surface area contributed by atoms with Crippen molar-refractivity contribution in [3.63, 3.8) is 0 Å². The number of nitrogens with two attached hydrogens (primary N) is 1. The van der Waals surface area contributed by atoms with Crippen molar-refractivity contribution in [3.05, 3.63) is 59.2 Å². The van der Waals surface area contributed by atoms with Gasteiger partial charge in [-0.2, -0.15) is 0 Å². The molecule has 0 bridgehead atoms. The molecular formula is C20H28N2O. The Kier molecular flexibility index (Phi) is 6.05. The first-order chi connectivity index (χ1) is 11.0. The smallest absolute Gasteiger partial charge is 0.119 e. The summed E-state index contributed by atoms with van der Waals surface area (Å²) in [4.78, 5) is 2.11. The van der Waals surface area contributed by atoms with Gasteiger partial charge in [-0.05, 0) is 73.7 Å². The van der Waals surface area contributed by atoms with Crippen LogP contribution < -0.4 is 15.4 Å². The Bertz CT molecular complexity index is 637. The molecule has 0 aliphatic rings. The minimum absolute atomic E-state index is 0.321. The summed E-state index contributed by atoms with van der Waals surface area (Å²) in [6.07, 6.45) is 0.917. The van der Waals surface area contributed by atoms with Gasteiger partial charge in [0.25, 0.3) is 0 Å². The van der Waals surface area contributed by atoms with Gasteiger partial charge in [-0.25, -0.2) is 0 Å². The van der Waals surface area contributed by atoms with Gasteiger partial charge in [-0.3, -0.25) is 0 Å². The minimum Gasteiger partial charge on any atom is -0.494 e. The van der Waals surface area contributed by atoms with Gasteiger partial charge in [0.2, 0.25) is 0 Å². The molecule has 0 aliphatic heterocycles. The van der Waals surface area contributed by atoms with Crippen LogP contribution in [0.2, 0.25) is 0 Å². The molecule has 0 saturated carbocycles. The molecule has 0 radical (unpaired) electrons. The maximum Gasteiger partial charge on any atom is 0.119 e. The highest BCUT2D eigenvalue weighted by Crippen LogP contribution is 2.24. The van der Waals surface area contributed by atoms with Gasteiger partial charge in [-0.15, -0.1) is 0 Å². The normalized spacial score (nSPS) is 12.0. The second-order valence-electron chi connectivity index (χ2n) is 6.31. The molecule has 0 spiro atoms. The number of ether oxygens (including phenoxy) is 1. The van der Waals surface area contributed by atoms with Crippen LogP contribution in [-0.4, -0.2) is 27.2 Å².